The summed E-state index contributed by atoms with van der Waals surface area (Å²) in [6, 6.07) is 21.2. The second-order valence-electron chi connectivity index (χ2n) is 9.50. The molecule has 9 heteroatoms. The van der Waals surface area contributed by atoms with Crippen molar-refractivity contribution in [1.82, 2.24) is 9.99 Å². The van der Waals surface area contributed by atoms with E-state index in [1.54, 1.807) is 43.5 Å². The number of aryl methyl sites for hydroxylation is 4. The number of amides is 1. The molecule has 0 bridgehead atoms. The molecule has 0 radical (unpaired) electrons. The van der Waals surface area contributed by atoms with Crippen molar-refractivity contribution in [1.29, 1.82) is 0 Å². The molecule has 0 atom stereocenters. The fourth-order valence-corrected chi connectivity index (χ4v) is 6.22. The van der Waals surface area contributed by atoms with Crippen LogP contribution >= 0.6 is 11.6 Å². The topological polar surface area (TPSA) is 83.8 Å². The summed E-state index contributed by atoms with van der Waals surface area (Å²) in [5, 5.41) is 4.51. The first kappa shape index (κ1) is 28.1. The van der Waals surface area contributed by atoms with Crippen LogP contribution in [-0.2, 0) is 14.8 Å². The fourth-order valence-electron chi connectivity index (χ4n) is 4.56. The number of nitrogens with zero attached hydrogens (tertiary/aromatic N) is 3. The van der Waals surface area contributed by atoms with Gasteiger partial charge in [0.25, 0.3) is 15.9 Å². The molecule has 39 heavy (non-hydrogen) atoms. The first-order valence-corrected chi connectivity index (χ1v) is 14.2. The molecule has 0 aliphatic rings. The van der Waals surface area contributed by atoms with Crippen molar-refractivity contribution >= 4 is 39.4 Å². The molecule has 0 aliphatic heterocycles. The normalized spacial score (nSPS) is 11.6. The van der Waals surface area contributed by atoms with Gasteiger partial charge in [0.05, 0.1) is 16.8 Å². The van der Waals surface area contributed by atoms with Crippen molar-refractivity contribution in [3.05, 3.63) is 111 Å². The van der Waals surface area contributed by atoms with E-state index in [1.165, 1.54) is 23.8 Å². The van der Waals surface area contributed by atoms with Gasteiger partial charge in [0, 0.05) is 27.7 Å². The minimum absolute atomic E-state index is 0.0690. The number of carbonyl (C=O) groups is 1. The van der Waals surface area contributed by atoms with Crippen LogP contribution in [0.5, 0.6) is 0 Å². The maximum Gasteiger partial charge on any atom is 0.264 e. The van der Waals surface area contributed by atoms with Crippen molar-refractivity contribution in [3.8, 4) is 5.69 Å². The molecule has 4 aromatic rings. The Bertz CT molecular complexity index is 1660. The highest BCUT2D eigenvalue weighted by molar-refractivity contribution is 7.92. The lowest BCUT2D eigenvalue weighted by atomic mass is 10.1. The van der Waals surface area contributed by atoms with Gasteiger partial charge >= 0.3 is 0 Å². The second-order valence-corrected chi connectivity index (χ2v) is 11.8. The van der Waals surface area contributed by atoms with E-state index in [1.807, 2.05) is 19.9 Å². The number of rotatable bonds is 8. The monoisotopic (exact) mass is 562 g/mol. The zero-order valence-corrected chi connectivity index (χ0v) is 24.1. The van der Waals surface area contributed by atoms with Crippen LogP contribution in [0.2, 0.25) is 5.02 Å². The maximum atomic E-state index is 13.6. The van der Waals surface area contributed by atoms with Crippen LogP contribution in [-0.4, -0.2) is 31.7 Å². The van der Waals surface area contributed by atoms with Crippen LogP contribution in [0.25, 0.3) is 5.69 Å². The van der Waals surface area contributed by atoms with Gasteiger partial charge in [-0.15, -0.1) is 0 Å². The Kier molecular flexibility index (Phi) is 8.28. The number of nitrogens with one attached hydrogen (secondary N) is 1. The van der Waals surface area contributed by atoms with Crippen LogP contribution in [0.4, 0.5) is 5.69 Å². The maximum absolute atomic E-state index is 13.6. The quantitative estimate of drug-likeness (QED) is 0.210. The molecule has 0 saturated carbocycles. The van der Waals surface area contributed by atoms with E-state index in [-0.39, 0.29) is 4.90 Å². The van der Waals surface area contributed by atoms with Gasteiger partial charge in [0.2, 0.25) is 0 Å². The van der Waals surface area contributed by atoms with Gasteiger partial charge in [-0.25, -0.2) is 13.8 Å². The minimum atomic E-state index is -4.05. The smallest absolute Gasteiger partial charge is 0.264 e. The van der Waals surface area contributed by atoms with E-state index in [0.717, 1.165) is 32.5 Å². The van der Waals surface area contributed by atoms with Crippen LogP contribution in [0, 0.1) is 34.6 Å². The summed E-state index contributed by atoms with van der Waals surface area (Å²) in [5.74, 6) is -0.590. The molecule has 0 saturated heterocycles. The van der Waals surface area contributed by atoms with E-state index in [4.69, 9.17) is 11.6 Å². The Morgan fingerprint density at radius 1 is 0.949 bits per heavy atom. The van der Waals surface area contributed by atoms with Crippen molar-refractivity contribution in [3.63, 3.8) is 0 Å². The summed E-state index contributed by atoms with van der Waals surface area (Å²) in [5.41, 5.74) is 9.74. The third kappa shape index (κ3) is 6.08. The van der Waals surface area contributed by atoms with Crippen molar-refractivity contribution in [2.75, 3.05) is 10.8 Å². The number of sulfonamides is 1. The summed E-state index contributed by atoms with van der Waals surface area (Å²) < 4.78 is 30.3. The molecular formula is C30H31ClN4O3S. The summed E-state index contributed by atoms with van der Waals surface area (Å²) in [7, 11) is -4.05. The van der Waals surface area contributed by atoms with E-state index >= 15 is 0 Å². The molecule has 202 valence electrons. The van der Waals surface area contributed by atoms with Gasteiger partial charge in [0.1, 0.15) is 6.54 Å². The zero-order valence-electron chi connectivity index (χ0n) is 22.6. The predicted molar refractivity (Wildman–Crippen MR) is 158 cm³/mol. The van der Waals surface area contributed by atoms with Crippen LogP contribution < -0.4 is 9.73 Å². The molecule has 0 aliphatic carbocycles. The molecule has 0 spiro atoms. The number of hydrogen-bond donors (Lipinski definition) is 1. The van der Waals surface area contributed by atoms with Crippen LogP contribution in [0.1, 0.15) is 33.6 Å². The van der Waals surface area contributed by atoms with Crippen molar-refractivity contribution in [2.24, 2.45) is 5.10 Å². The van der Waals surface area contributed by atoms with E-state index in [0.29, 0.717) is 16.3 Å². The van der Waals surface area contributed by atoms with Gasteiger partial charge in [0.15, 0.2) is 0 Å². The molecule has 1 heterocycles. The van der Waals surface area contributed by atoms with Crippen LogP contribution in [0.15, 0.2) is 82.8 Å². The molecule has 3 aromatic carbocycles. The number of anilines is 1. The van der Waals surface area contributed by atoms with Gasteiger partial charge in [-0.3, -0.25) is 9.10 Å². The summed E-state index contributed by atoms with van der Waals surface area (Å²) in [4.78, 5) is 13.0. The zero-order chi connectivity index (χ0) is 28.3. The first-order valence-electron chi connectivity index (χ1n) is 12.4. The predicted octanol–water partition coefficient (Wildman–Crippen LogP) is 6.02. The lowest BCUT2D eigenvalue weighted by molar-refractivity contribution is -0.119. The fraction of sp³-hybridized carbons (Fsp3) is 0.200. The summed E-state index contributed by atoms with van der Waals surface area (Å²) >= 11 is 6.19. The number of hydrogen-bond acceptors (Lipinski definition) is 4. The third-order valence-corrected chi connectivity index (χ3v) is 8.52. The van der Waals surface area contributed by atoms with Gasteiger partial charge < -0.3 is 4.57 Å². The van der Waals surface area contributed by atoms with E-state index in [9.17, 15) is 13.2 Å². The number of hydrazone groups is 1. The Morgan fingerprint density at radius 2 is 1.67 bits per heavy atom. The Hall–Kier alpha value is -3.88. The number of carbonyl (C=O) groups excluding carboxylic acids is 1. The standard InChI is InChI=1S/C30H31ClN4O3S/c1-20-11-14-28(22(3)15-20)35-23(4)16-25(24(35)5)18-32-33-30(36)19-34(29-17-26(31)13-12-21(29)2)39(37,38)27-9-7-6-8-10-27/h6-18H,19H2,1-5H3,(H,33,36)/b32-18-. The van der Waals surface area contributed by atoms with E-state index in [2.05, 4.69) is 47.1 Å². The summed E-state index contributed by atoms with van der Waals surface area (Å²) in [6.07, 6.45) is 1.57. The molecular weight excluding hydrogens is 532 g/mol. The Morgan fingerprint density at radius 3 is 2.36 bits per heavy atom. The van der Waals surface area contributed by atoms with E-state index < -0.39 is 22.5 Å². The molecule has 1 N–H and O–H groups in total. The van der Waals surface area contributed by atoms with Crippen LogP contribution in [0.3, 0.4) is 0 Å². The van der Waals surface area contributed by atoms with Gasteiger partial charge in [-0.1, -0.05) is 53.6 Å². The molecule has 1 aromatic heterocycles. The minimum Gasteiger partial charge on any atom is -0.318 e. The Labute approximate surface area is 234 Å². The highest BCUT2D eigenvalue weighted by atomic mass is 35.5. The third-order valence-electron chi connectivity index (χ3n) is 6.51. The highest BCUT2D eigenvalue weighted by Crippen LogP contribution is 2.29. The highest BCUT2D eigenvalue weighted by Gasteiger charge is 2.28. The average Bonchev–Trinajstić information content (AvgIpc) is 3.17. The second kappa shape index (κ2) is 11.5. The first-order chi connectivity index (χ1) is 18.5. The molecule has 7 nitrogen and oxygen atoms in total. The van der Waals surface area contributed by atoms with Gasteiger partial charge in [-0.2, -0.15) is 5.10 Å². The lowest BCUT2D eigenvalue weighted by Gasteiger charge is -2.25. The molecule has 4 rings (SSSR count). The SMILES string of the molecule is Cc1ccc(-n2c(C)cc(/C=N\NC(=O)CN(c3cc(Cl)ccc3C)S(=O)(=O)c3ccccc3)c2C)c(C)c1. The lowest BCUT2D eigenvalue weighted by Crippen LogP contribution is -2.40. The van der Waals surface area contributed by atoms with Gasteiger partial charge in [-0.05, 0) is 82.1 Å². The molecule has 0 unspecified atom stereocenters. The largest absolute Gasteiger partial charge is 0.318 e. The van der Waals surface area contributed by atoms with Crippen molar-refractivity contribution in [2.45, 2.75) is 39.5 Å². The number of halogens is 1. The number of benzene rings is 3. The average molecular weight is 563 g/mol. The molecule has 1 amide bonds. The molecule has 0 fully saturated rings. The summed E-state index contributed by atoms with van der Waals surface area (Å²) in [6.45, 7) is 9.43. The Balaban J connectivity index is 1.58. The van der Waals surface area contributed by atoms with Crippen molar-refractivity contribution < 1.29 is 13.2 Å². The number of aromatic nitrogens is 1.